The van der Waals surface area contributed by atoms with E-state index in [1.165, 1.54) is 23.0 Å². The first-order valence-corrected chi connectivity index (χ1v) is 7.57. The molecule has 0 amide bonds. The van der Waals surface area contributed by atoms with Crippen LogP contribution in [0, 0.1) is 5.92 Å². The van der Waals surface area contributed by atoms with Crippen molar-refractivity contribution in [2.24, 2.45) is 5.92 Å². The van der Waals surface area contributed by atoms with E-state index in [1.54, 1.807) is 0 Å². The summed E-state index contributed by atoms with van der Waals surface area (Å²) in [6, 6.07) is 9.94. The van der Waals surface area contributed by atoms with Crippen molar-refractivity contribution in [2.75, 3.05) is 13.6 Å². The first-order chi connectivity index (χ1) is 8.61. The molecule has 1 saturated heterocycles. The average molecular weight is 311 g/mol. The van der Waals surface area contributed by atoms with Crippen molar-refractivity contribution in [1.29, 1.82) is 0 Å². The van der Waals surface area contributed by atoms with Gasteiger partial charge in [0.05, 0.1) is 0 Å². The first kappa shape index (κ1) is 14.0. The van der Waals surface area contributed by atoms with Crippen LogP contribution in [-0.4, -0.2) is 30.6 Å². The molecular formula is C15H23BrN2. The highest BCUT2D eigenvalue weighted by molar-refractivity contribution is 9.10. The molecule has 0 aromatic heterocycles. The number of halogens is 1. The third-order valence-electron chi connectivity index (χ3n) is 4.34. The average Bonchev–Trinajstić information content (AvgIpc) is 2.35. The molecule has 3 unspecified atom stereocenters. The van der Waals surface area contributed by atoms with Crippen molar-refractivity contribution < 1.29 is 0 Å². The molecule has 1 aliphatic heterocycles. The van der Waals surface area contributed by atoms with Crippen molar-refractivity contribution in [3.8, 4) is 0 Å². The smallest absolute Gasteiger partial charge is 0.0237 e. The number of rotatable bonds is 3. The summed E-state index contributed by atoms with van der Waals surface area (Å²) in [5.74, 6) is 0.705. The fourth-order valence-electron chi connectivity index (χ4n) is 2.94. The Bertz CT molecular complexity index is 394. The Labute approximate surface area is 119 Å². The Hall–Kier alpha value is -0.380. The van der Waals surface area contributed by atoms with Gasteiger partial charge in [-0.3, -0.25) is 4.90 Å². The number of nitrogens with one attached hydrogen (secondary N) is 1. The number of benzene rings is 1. The van der Waals surface area contributed by atoms with Crippen LogP contribution in [0.3, 0.4) is 0 Å². The zero-order valence-electron chi connectivity index (χ0n) is 11.5. The highest BCUT2D eigenvalue weighted by Crippen LogP contribution is 2.25. The second-order valence-corrected chi connectivity index (χ2v) is 6.30. The maximum atomic E-state index is 3.55. The minimum absolute atomic E-state index is 0.634. The van der Waals surface area contributed by atoms with Crippen LogP contribution >= 0.6 is 15.9 Å². The van der Waals surface area contributed by atoms with Gasteiger partial charge in [-0.1, -0.05) is 35.0 Å². The van der Waals surface area contributed by atoms with E-state index in [1.807, 2.05) is 0 Å². The first-order valence-electron chi connectivity index (χ1n) is 6.77. The van der Waals surface area contributed by atoms with Gasteiger partial charge >= 0.3 is 0 Å². The standard InChI is InChI=1S/C15H23BrN2/c1-11-12(2)18(8-7-15(11)17-3)10-13-5-4-6-14(16)9-13/h4-6,9,11-12,15,17H,7-8,10H2,1-3H3. The lowest BCUT2D eigenvalue weighted by atomic mass is 9.87. The van der Waals surface area contributed by atoms with E-state index < -0.39 is 0 Å². The highest BCUT2D eigenvalue weighted by Gasteiger charge is 2.31. The topological polar surface area (TPSA) is 15.3 Å². The minimum Gasteiger partial charge on any atom is -0.317 e. The molecule has 1 aromatic rings. The van der Waals surface area contributed by atoms with Crippen LogP contribution in [0.15, 0.2) is 28.7 Å². The lowest BCUT2D eigenvalue weighted by Crippen LogP contribution is -2.52. The number of hydrogen-bond donors (Lipinski definition) is 1. The summed E-state index contributed by atoms with van der Waals surface area (Å²) >= 11 is 3.55. The lowest BCUT2D eigenvalue weighted by Gasteiger charge is -2.42. The van der Waals surface area contributed by atoms with Gasteiger partial charge in [0, 0.05) is 29.6 Å². The van der Waals surface area contributed by atoms with Crippen molar-refractivity contribution in [3.63, 3.8) is 0 Å². The van der Waals surface area contributed by atoms with Gasteiger partial charge in [0.1, 0.15) is 0 Å². The van der Waals surface area contributed by atoms with E-state index in [0.717, 1.165) is 6.54 Å². The fourth-order valence-corrected chi connectivity index (χ4v) is 3.39. The Morgan fingerprint density at radius 1 is 1.39 bits per heavy atom. The Kier molecular flexibility index (Phi) is 4.82. The molecule has 3 atom stereocenters. The van der Waals surface area contributed by atoms with Gasteiger partial charge in [0.15, 0.2) is 0 Å². The van der Waals surface area contributed by atoms with E-state index in [-0.39, 0.29) is 0 Å². The van der Waals surface area contributed by atoms with Crippen LogP contribution in [-0.2, 0) is 6.54 Å². The maximum Gasteiger partial charge on any atom is 0.0237 e. The quantitative estimate of drug-likeness (QED) is 0.922. The van der Waals surface area contributed by atoms with E-state index in [4.69, 9.17) is 0 Å². The number of hydrogen-bond acceptors (Lipinski definition) is 2. The van der Waals surface area contributed by atoms with Gasteiger partial charge < -0.3 is 5.32 Å². The molecular weight excluding hydrogens is 288 g/mol. The van der Waals surface area contributed by atoms with Gasteiger partial charge in [-0.05, 0) is 44.0 Å². The second kappa shape index (κ2) is 6.18. The minimum atomic E-state index is 0.634. The zero-order chi connectivity index (χ0) is 13.1. The van der Waals surface area contributed by atoms with Gasteiger partial charge in [-0.2, -0.15) is 0 Å². The molecule has 2 rings (SSSR count). The van der Waals surface area contributed by atoms with Gasteiger partial charge in [0.25, 0.3) is 0 Å². The largest absolute Gasteiger partial charge is 0.317 e. The predicted molar refractivity (Wildman–Crippen MR) is 80.6 cm³/mol. The molecule has 1 heterocycles. The third-order valence-corrected chi connectivity index (χ3v) is 4.84. The van der Waals surface area contributed by atoms with Crippen LogP contribution in [0.25, 0.3) is 0 Å². The van der Waals surface area contributed by atoms with Crippen molar-refractivity contribution in [1.82, 2.24) is 10.2 Å². The maximum absolute atomic E-state index is 3.55. The predicted octanol–water partition coefficient (Wildman–Crippen LogP) is 3.27. The molecule has 0 saturated carbocycles. The number of nitrogens with zero attached hydrogens (tertiary/aromatic N) is 1. The van der Waals surface area contributed by atoms with Crippen LogP contribution in [0.2, 0.25) is 0 Å². The third kappa shape index (κ3) is 3.14. The van der Waals surface area contributed by atoms with Crippen LogP contribution in [0.1, 0.15) is 25.8 Å². The molecule has 1 aromatic carbocycles. The summed E-state index contributed by atoms with van der Waals surface area (Å²) in [7, 11) is 2.08. The monoisotopic (exact) mass is 310 g/mol. The van der Waals surface area contributed by atoms with E-state index in [2.05, 4.69) is 71.3 Å². The van der Waals surface area contributed by atoms with Crippen LogP contribution in [0.5, 0.6) is 0 Å². The van der Waals surface area contributed by atoms with E-state index >= 15 is 0 Å². The highest BCUT2D eigenvalue weighted by atomic mass is 79.9. The summed E-state index contributed by atoms with van der Waals surface area (Å²) in [5, 5.41) is 3.44. The number of likely N-dealkylation sites (tertiary alicyclic amines) is 1. The SMILES string of the molecule is CNC1CCN(Cc2cccc(Br)c2)C(C)C1C. The van der Waals surface area contributed by atoms with Crippen LogP contribution < -0.4 is 5.32 Å². The lowest BCUT2D eigenvalue weighted by molar-refractivity contribution is 0.0811. The second-order valence-electron chi connectivity index (χ2n) is 5.38. The van der Waals surface area contributed by atoms with Gasteiger partial charge in [0.2, 0.25) is 0 Å². The molecule has 0 radical (unpaired) electrons. The van der Waals surface area contributed by atoms with Gasteiger partial charge in [-0.25, -0.2) is 0 Å². The molecule has 100 valence electrons. The van der Waals surface area contributed by atoms with Crippen molar-refractivity contribution in [3.05, 3.63) is 34.3 Å². The summed E-state index contributed by atoms with van der Waals surface area (Å²) in [6.07, 6.45) is 1.25. The fraction of sp³-hybridized carbons (Fsp3) is 0.600. The Balaban J connectivity index is 2.02. The summed E-state index contributed by atoms with van der Waals surface area (Å²) in [5.41, 5.74) is 1.39. The normalized spacial score (nSPS) is 29.4. The molecule has 18 heavy (non-hydrogen) atoms. The number of piperidine rings is 1. The summed E-state index contributed by atoms with van der Waals surface area (Å²) in [4.78, 5) is 2.60. The molecule has 0 spiro atoms. The molecule has 1 aliphatic rings. The molecule has 2 nitrogen and oxygen atoms in total. The zero-order valence-corrected chi connectivity index (χ0v) is 13.1. The summed E-state index contributed by atoms with van der Waals surface area (Å²) in [6.45, 7) is 6.95. The van der Waals surface area contributed by atoms with Crippen LogP contribution in [0.4, 0.5) is 0 Å². The Morgan fingerprint density at radius 2 is 2.17 bits per heavy atom. The summed E-state index contributed by atoms with van der Waals surface area (Å²) < 4.78 is 1.17. The molecule has 1 fully saturated rings. The van der Waals surface area contributed by atoms with Crippen molar-refractivity contribution >= 4 is 15.9 Å². The van der Waals surface area contributed by atoms with E-state index in [0.29, 0.717) is 18.0 Å². The van der Waals surface area contributed by atoms with Gasteiger partial charge in [-0.15, -0.1) is 0 Å². The molecule has 0 bridgehead atoms. The Morgan fingerprint density at radius 3 is 2.83 bits per heavy atom. The van der Waals surface area contributed by atoms with Crippen molar-refractivity contribution in [2.45, 2.75) is 38.9 Å². The molecule has 3 heteroatoms. The molecule has 1 N–H and O–H groups in total. The molecule has 0 aliphatic carbocycles. The van der Waals surface area contributed by atoms with E-state index in [9.17, 15) is 0 Å².